The molecule has 1 fully saturated rings. The van der Waals surface area contributed by atoms with Crippen LogP contribution in [0.1, 0.15) is 48.8 Å². The minimum absolute atomic E-state index is 0.732. The van der Waals surface area contributed by atoms with Gasteiger partial charge in [-0.25, -0.2) is 0 Å². The Morgan fingerprint density at radius 2 is 1.95 bits per heavy atom. The molecule has 0 spiro atoms. The average molecular weight is 322 g/mol. The highest BCUT2D eigenvalue weighted by atomic mass is 79.9. The lowest BCUT2D eigenvalue weighted by Crippen LogP contribution is -2.35. The predicted molar refractivity (Wildman–Crippen MR) is 84.9 cm³/mol. The van der Waals surface area contributed by atoms with E-state index in [2.05, 4.69) is 39.0 Å². The SMILES string of the molecule is BrCC1CCCCCN1Cc1ccc2c(c1)CCC2. The molecular formula is C17H24BrN. The monoisotopic (exact) mass is 321 g/mol. The number of aryl methyl sites for hydroxylation is 2. The Morgan fingerprint density at radius 3 is 2.84 bits per heavy atom. The van der Waals surface area contributed by atoms with Crippen molar-refractivity contribution in [3.05, 3.63) is 34.9 Å². The second-order valence-electron chi connectivity index (χ2n) is 6.08. The summed E-state index contributed by atoms with van der Waals surface area (Å²) in [7, 11) is 0. The number of hydrogen-bond acceptors (Lipinski definition) is 1. The number of alkyl halides is 1. The van der Waals surface area contributed by atoms with Crippen molar-refractivity contribution >= 4 is 15.9 Å². The molecule has 2 aliphatic rings. The fraction of sp³-hybridized carbons (Fsp3) is 0.647. The zero-order chi connectivity index (χ0) is 13.1. The molecule has 1 heterocycles. The Morgan fingerprint density at radius 1 is 1.05 bits per heavy atom. The van der Waals surface area contributed by atoms with Crippen molar-refractivity contribution < 1.29 is 0 Å². The van der Waals surface area contributed by atoms with Gasteiger partial charge in [-0.15, -0.1) is 0 Å². The van der Waals surface area contributed by atoms with Crippen LogP contribution in [0, 0.1) is 0 Å². The van der Waals surface area contributed by atoms with Crippen LogP contribution in [0.2, 0.25) is 0 Å². The number of halogens is 1. The Balaban J connectivity index is 1.72. The maximum Gasteiger partial charge on any atom is 0.0237 e. The fourth-order valence-electron chi connectivity index (χ4n) is 3.58. The fourth-order valence-corrected chi connectivity index (χ4v) is 4.31. The number of rotatable bonds is 3. The second kappa shape index (κ2) is 6.41. The molecule has 0 amide bonds. The molecule has 1 aliphatic heterocycles. The first-order valence-corrected chi connectivity index (χ1v) is 8.89. The average Bonchev–Trinajstić information content (AvgIpc) is 2.78. The Hall–Kier alpha value is -0.340. The van der Waals surface area contributed by atoms with Crippen molar-refractivity contribution in [1.82, 2.24) is 4.90 Å². The first kappa shape index (κ1) is 13.6. The van der Waals surface area contributed by atoms with Crippen LogP contribution in [0.4, 0.5) is 0 Å². The summed E-state index contributed by atoms with van der Waals surface area (Å²) in [6.07, 6.45) is 9.48. The zero-order valence-electron chi connectivity index (χ0n) is 11.7. The summed E-state index contributed by atoms with van der Waals surface area (Å²) in [5.41, 5.74) is 4.73. The molecule has 1 saturated heterocycles. The first-order chi connectivity index (χ1) is 9.36. The third kappa shape index (κ3) is 3.22. The van der Waals surface area contributed by atoms with Crippen molar-refractivity contribution in [2.45, 2.75) is 57.5 Å². The standard InChI is InChI=1S/C17H24BrN/c18-12-17-7-2-1-3-10-19(17)13-14-8-9-15-5-4-6-16(15)11-14/h8-9,11,17H,1-7,10,12-13H2. The molecule has 19 heavy (non-hydrogen) atoms. The van der Waals surface area contributed by atoms with E-state index in [0.717, 1.165) is 17.9 Å². The van der Waals surface area contributed by atoms with E-state index in [1.54, 1.807) is 11.1 Å². The van der Waals surface area contributed by atoms with Gasteiger partial charge in [-0.3, -0.25) is 4.90 Å². The van der Waals surface area contributed by atoms with Gasteiger partial charge in [0.1, 0.15) is 0 Å². The molecule has 104 valence electrons. The molecule has 0 bridgehead atoms. The van der Waals surface area contributed by atoms with Gasteiger partial charge in [-0.1, -0.05) is 47.0 Å². The number of fused-ring (bicyclic) bond motifs is 1. The Kier molecular flexibility index (Phi) is 4.60. The van der Waals surface area contributed by atoms with Crippen LogP contribution in [0.3, 0.4) is 0 Å². The largest absolute Gasteiger partial charge is 0.295 e. The van der Waals surface area contributed by atoms with E-state index >= 15 is 0 Å². The highest BCUT2D eigenvalue weighted by Gasteiger charge is 2.20. The molecule has 1 aliphatic carbocycles. The Labute approximate surface area is 125 Å². The minimum atomic E-state index is 0.732. The molecule has 0 aromatic heterocycles. The molecule has 1 atom stereocenters. The highest BCUT2D eigenvalue weighted by molar-refractivity contribution is 9.09. The maximum absolute atomic E-state index is 3.71. The third-order valence-corrected chi connectivity index (χ3v) is 5.47. The maximum atomic E-state index is 3.71. The predicted octanol–water partition coefficient (Wildman–Crippen LogP) is 4.31. The van der Waals surface area contributed by atoms with E-state index in [1.807, 2.05) is 0 Å². The normalized spacial score (nSPS) is 24.2. The van der Waals surface area contributed by atoms with Crippen LogP contribution in [0.25, 0.3) is 0 Å². The van der Waals surface area contributed by atoms with E-state index in [-0.39, 0.29) is 0 Å². The summed E-state index contributed by atoms with van der Waals surface area (Å²) in [6, 6.07) is 7.94. The lowest BCUT2D eigenvalue weighted by atomic mass is 10.1. The van der Waals surface area contributed by atoms with Crippen LogP contribution in [0.15, 0.2) is 18.2 Å². The summed E-state index contributed by atoms with van der Waals surface area (Å²) in [4.78, 5) is 2.69. The summed E-state index contributed by atoms with van der Waals surface area (Å²) < 4.78 is 0. The molecule has 2 heteroatoms. The van der Waals surface area contributed by atoms with Crippen molar-refractivity contribution in [1.29, 1.82) is 0 Å². The topological polar surface area (TPSA) is 3.24 Å². The number of hydrogen-bond donors (Lipinski definition) is 0. The quantitative estimate of drug-likeness (QED) is 0.749. The van der Waals surface area contributed by atoms with E-state index in [9.17, 15) is 0 Å². The van der Waals surface area contributed by atoms with Gasteiger partial charge in [0.05, 0.1) is 0 Å². The molecular weight excluding hydrogens is 298 g/mol. The first-order valence-electron chi connectivity index (χ1n) is 7.77. The van der Waals surface area contributed by atoms with Crippen molar-refractivity contribution in [3.63, 3.8) is 0 Å². The lowest BCUT2D eigenvalue weighted by Gasteiger charge is -2.28. The van der Waals surface area contributed by atoms with Gasteiger partial charge >= 0.3 is 0 Å². The molecule has 3 rings (SSSR count). The van der Waals surface area contributed by atoms with Gasteiger partial charge in [0.2, 0.25) is 0 Å². The number of nitrogens with zero attached hydrogens (tertiary/aromatic N) is 1. The zero-order valence-corrected chi connectivity index (χ0v) is 13.3. The molecule has 1 aromatic carbocycles. The molecule has 0 N–H and O–H groups in total. The van der Waals surface area contributed by atoms with Crippen molar-refractivity contribution in [3.8, 4) is 0 Å². The summed E-state index contributed by atoms with van der Waals surface area (Å²) in [6.45, 7) is 2.41. The molecule has 0 radical (unpaired) electrons. The smallest absolute Gasteiger partial charge is 0.0237 e. The number of likely N-dealkylation sites (tertiary alicyclic amines) is 1. The van der Waals surface area contributed by atoms with Crippen LogP contribution < -0.4 is 0 Å². The van der Waals surface area contributed by atoms with Crippen molar-refractivity contribution in [2.24, 2.45) is 0 Å². The Bertz CT molecular complexity index is 429. The van der Waals surface area contributed by atoms with Gasteiger partial charge in [0, 0.05) is 17.9 Å². The van der Waals surface area contributed by atoms with E-state index in [0.29, 0.717) is 0 Å². The molecule has 1 nitrogen and oxygen atoms in total. The second-order valence-corrected chi connectivity index (χ2v) is 6.73. The summed E-state index contributed by atoms with van der Waals surface area (Å²) in [5.74, 6) is 0. The van der Waals surface area contributed by atoms with E-state index in [4.69, 9.17) is 0 Å². The van der Waals surface area contributed by atoms with Crippen LogP contribution >= 0.6 is 15.9 Å². The molecule has 1 aromatic rings. The van der Waals surface area contributed by atoms with Gasteiger partial charge in [0.15, 0.2) is 0 Å². The molecule has 0 saturated carbocycles. The summed E-state index contributed by atoms with van der Waals surface area (Å²) >= 11 is 3.71. The molecule has 1 unspecified atom stereocenters. The van der Waals surface area contributed by atoms with Crippen LogP contribution in [-0.4, -0.2) is 22.8 Å². The van der Waals surface area contributed by atoms with Gasteiger partial charge in [0.25, 0.3) is 0 Å². The van der Waals surface area contributed by atoms with E-state index < -0.39 is 0 Å². The third-order valence-electron chi connectivity index (χ3n) is 4.73. The highest BCUT2D eigenvalue weighted by Crippen LogP contribution is 2.25. The lowest BCUT2D eigenvalue weighted by molar-refractivity contribution is 0.209. The van der Waals surface area contributed by atoms with Gasteiger partial charge in [-0.2, -0.15) is 0 Å². The van der Waals surface area contributed by atoms with Gasteiger partial charge < -0.3 is 0 Å². The van der Waals surface area contributed by atoms with E-state index in [1.165, 1.54) is 57.1 Å². The summed E-state index contributed by atoms with van der Waals surface area (Å²) in [5, 5.41) is 1.12. The van der Waals surface area contributed by atoms with Gasteiger partial charge in [-0.05, 0) is 55.3 Å². The van der Waals surface area contributed by atoms with Crippen LogP contribution in [-0.2, 0) is 19.4 Å². The number of benzene rings is 1. The minimum Gasteiger partial charge on any atom is -0.295 e. The van der Waals surface area contributed by atoms with Crippen molar-refractivity contribution in [2.75, 3.05) is 11.9 Å². The van der Waals surface area contributed by atoms with Crippen LogP contribution in [0.5, 0.6) is 0 Å².